The third-order valence-electron chi connectivity index (χ3n) is 2.22. The Hall–Kier alpha value is -0.570. The highest BCUT2D eigenvalue weighted by Gasteiger charge is 2.37. The standard InChI is InChI=1S/C6H10N2O/c9-6-5-3-7-1-4(5)2-8-6/h4-5,7H,1-3H2,(H,8,9)/t4-,5+/m0/s1. The summed E-state index contributed by atoms with van der Waals surface area (Å²) >= 11 is 0. The van der Waals surface area contributed by atoms with Gasteiger partial charge in [0.15, 0.2) is 0 Å². The molecule has 2 aliphatic heterocycles. The van der Waals surface area contributed by atoms with E-state index in [4.69, 9.17) is 0 Å². The van der Waals surface area contributed by atoms with E-state index >= 15 is 0 Å². The first-order chi connectivity index (χ1) is 4.38. The predicted molar refractivity (Wildman–Crippen MR) is 32.9 cm³/mol. The maximum atomic E-state index is 10.9. The molecule has 50 valence electrons. The van der Waals surface area contributed by atoms with Crippen molar-refractivity contribution in [2.24, 2.45) is 11.8 Å². The number of fused-ring (bicyclic) bond motifs is 1. The van der Waals surface area contributed by atoms with Crippen LogP contribution in [-0.4, -0.2) is 25.5 Å². The van der Waals surface area contributed by atoms with Crippen molar-refractivity contribution >= 4 is 5.91 Å². The van der Waals surface area contributed by atoms with Crippen LogP contribution in [-0.2, 0) is 4.79 Å². The Morgan fingerprint density at radius 3 is 3.00 bits per heavy atom. The van der Waals surface area contributed by atoms with E-state index in [1.165, 1.54) is 0 Å². The van der Waals surface area contributed by atoms with Crippen LogP contribution in [0.1, 0.15) is 0 Å². The molecular weight excluding hydrogens is 116 g/mol. The van der Waals surface area contributed by atoms with E-state index in [1.807, 2.05) is 0 Å². The van der Waals surface area contributed by atoms with Gasteiger partial charge in [0.25, 0.3) is 0 Å². The van der Waals surface area contributed by atoms with Crippen molar-refractivity contribution in [3.63, 3.8) is 0 Å². The Labute approximate surface area is 53.8 Å². The quantitative estimate of drug-likeness (QED) is 0.435. The average molecular weight is 126 g/mol. The zero-order valence-electron chi connectivity index (χ0n) is 5.18. The molecule has 2 N–H and O–H groups in total. The molecule has 0 bridgehead atoms. The fraction of sp³-hybridized carbons (Fsp3) is 0.833. The zero-order chi connectivity index (χ0) is 6.27. The fourth-order valence-corrected chi connectivity index (χ4v) is 1.62. The van der Waals surface area contributed by atoms with Gasteiger partial charge in [0.1, 0.15) is 0 Å². The number of amides is 1. The molecule has 0 aromatic rings. The van der Waals surface area contributed by atoms with Crippen molar-refractivity contribution in [1.29, 1.82) is 0 Å². The van der Waals surface area contributed by atoms with Gasteiger partial charge in [-0.1, -0.05) is 0 Å². The SMILES string of the molecule is O=C1NC[C@@H]2CNC[C@@H]12. The lowest BCUT2D eigenvalue weighted by Gasteiger charge is -1.98. The van der Waals surface area contributed by atoms with Crippen molar-refractivity contribution in [3.8, 4) is 0 Å². The highest BCUT2D eigenvalue weighted by Crippen LogP contribution is 2.20. The van der Waals surface area contributed by atoms with Crippen LogP contribution >= 0.6 is 0 Å². The molecule has 2 heterocycles. The third-order valence-corrected chi connectivity index (χ3v) is 2.22. The van der Waals surface area contributed by atoms with Gasteiger partial charge < -0.3 is 10.6 Å². The van der Waals surface area contributed by atoms with E-state index in [0.717, 1.165) is 19.6 Å². The Balaban J connectivity index is 2.15. The normalized spacial score (nSPS) is 40.7. The summed E-state index contributed by atoms with van der Waals surface area (Å²) < 4.78 is 0. The summed E-state index contributed by atoms with van der Waals surface area (Å²) in [5.41, 5.74) is 0. The Morgan fingerprint density at radius 2 is 2.22 bits per heavy atom. The molecule has 2 aliphatic rings. The van der Waals surface area contributed by atoms with Gasteiger partial charge in [0, 0.05) is 25.6 Å². The molecule has 0 radical (unpaired) electrons. The van der Waals surface area contributed by atoms with Gasteiger partial charge in [-0.2, -0.15) is 0 Å². The van der Waals surface area contributed by atoms with E-state index in [2.05, 4.69) is 10.6 Å². The molecule has 0 aromatic heterocycles. The first-order valence-corrected chi connectivity index (χ1v) is 3.36. The van der Waals surface area contributed by atoms with E-state index < -0.39 is 0 Å². The molecule has 2 saturated heterocycles. The summed E-state index contributed by atoms with van der Waals surface area (Å²) in [6.07, 6.45) is 0. The third kappa shape index (κ3) is 0.645. The van der Waals surface area contributed by atoms with Crippen molar-refractivity contribution in [3.05, 3.63) is 0 Å². The maximum Gasteiger partial charge on any atom is 0.224 e. The van der Waals surface area contributed by atoms with Crippen molar-refractivity contribution < 1.29 is 4.79 Å². The second-order valence-corrected chi connectivity index (χ2v) is 2.77. The molecule has 0 unspecified atom stereocenters. The van der Waals surface area contributed by atoms with Crippen LogP contribution in [0.25, 0.3) is 0 Å². The first kappa shape index (κ1) is 5.23. The summed E-state index contributed by atoms with van der Waals surface area (Å²) in [4.78, 5) is 10.9. The molecule has 3 nitrogen and oxygen atoms in total. The summed E-state index contributed by atoms with van der Waals surface area (Å²) in [7, 11) is 0. The number of nitrogens with one attached hydrogen (secondary N) is 2. The predicted octanol–water partition coefficient (Wildman–Crippen LogP) is -1.05. The molecule has 9 heavy (non-hydrogen) atoms. The summed E-state index contributed by atoms with van der Waals surface area (Å²) in [6, 6.07) is 0. The van der Waals surface area contributed by atoms with Crippen LogP contribution < -0.4 is 10.6 Å². The summed E-state index contributed by atoms with van der Waals surface area (Å²) in [6.45, 7) is 2.79. The van der Waals surface area contributed by atoms with Crippen molar-refractivity contribution in [2.45, 2.75) is 0 Å². The fourth-order valence-electron chi connectivity index (χ4n) is 1.62. The number of rotatable bonds is 0. The van der Waals surface area contributed by atoms with Gasteiger partial charge in [-0.25, -0.2) is 0 Å². The number of hydrogen-bond donors (Lipinski definition) is 2. The topological polar surface area (TPSA) is 41.1 Å². The van der Waals surface area contributed by atoms with Gasteiger partial charge in [-0.05, 0) is 0 Å². The molecule has 1 amide bonds. The van der Waals surface area contributed by atoms with Crippen LogP contribution in [0.15, 0.2) is 0 Å². The van der Waals surface area contributed by atoms with Crippen LogP contribution in [0.3, 0.4) is 0 Å². The Morgan fingerprint density at radius 1 is 1.33 bits per heavy atom. The molecule has 2 fully saturated rings. The van der Waals surface area contributed by atoms with Gasteiger partial charge in [-0.3, -0.25) is 4.79 Å². The number of carbonyl (C=O) groups is 1. The molecule has 0 aromatic carbocycles. The van der Waals surface area contributed by atoms with Crippen LogP contribution in [0, 0.1) is 11.8 Å². The molecular formula is C6H10N2O. The zero-order valence-corrected chi connectivity index (χ0v) is 5.18. The van der Waals surface area contributed by atoms with Gasteiger partial charge in [0.05, 0.1) is 5.92 Å². The van der Waals surface area contributed by atoms with Gasteiger partial charge >= 0.3 is 0 Å². The lowest BCUT2D eigenvalue weighted by Crippen LogP contribution is -2.24. The molecule has 0 saturated carbocycles. The van der Waals surface area contributed by atoms with E-state index in [9.17, 15) is 4.79 Å². The monoisotopic (exact) mass is 126 g/mol. The minimum atomic E-state index is 0.241. The lowest BCUT2D eigenvalue weighted by molar-refractivity contribution is -0.122. The van der Waals surface area contributed by atoms with Crippen LogP contribution in [0.4, 0.5) is 0 Å². The maximum absolute atomic E-state index is 10.9. The molecule has 3 heteroatoms. The smallest absolute Gasteiger partial charge is 0.224 e. The minimum absolute atomic E-state index is 0.241. The van der Waals surface area contributed by atoms with Crippen molar-refractivity contribution in [2.75, 3.05) is 19.6 Å². The first-order valence-electron chi connectivity index (χ1n) is 3.36. The summed E-state index contributed by atoms with van der Waals surface area (Å²) in [5, 5.41) is 6.04. The highest BCUT2D eigenvalue weighted by molar-refractivity contribution is 5.81. The summed E-state index contributed by atoms with van der Waals surface area (Å²) in [5.74, 6) is 1.10. The Bertz CT molecular complexity index is 146. The Kier molecular flexibility index (Phi) is 0.990. The number of hydrogen-bond acceptors (Lipinski definition) is 2. The average Bonchev–Trinajstić information content (AvgIpc) is 2.35. The van der Waals surface area contributed by atoms with Gasteiger partial charge in [-0.15, -0.1) is 0 Å². The van der Waals surface area contributed by atoms with E-state index in [1.54, 1.807) is 0 Å². The number of carbonyl (C=O) groups excluding carboxylic acids is 1. The molecule has 2 rings (SSSR count). The minimum Gasteiger partial charge on any atom is -0.355 e. The van der Waals surface area contributed by atoms with Gasteiger partial charge in [0.2, 0.25) is 5.91 Å². The highest BCUT2D eigenvalue weighted by atomic mass is 16.2. The van der Waals surface area contributed by atoms with E-state index in [0.29, 0.717) is 5.92 Å². The molecule has 0 aliphatic carbocycles. The lowest BCUT2D eigenvalue weighted by atomic mass is 10.0. The van der Waals surface area contributed by atoms with Crippen LogP contribution in [0.2, 0.25) is 0 Å². The van der Waals surface area contributed by atoms with E-state index in [-0.39, 0.29) is 11.8 Å². The molecule has 0 spiro atoms. The van der Waals surface area contributed by atoms with Crippen molar-refractivity contribution in [1.82, 2.24) is 10.6 Å². The second-order valence-electron chi connectivity index (χ2n) is 2.77. The largest absolute Gasteiger partial charge is 0.355 e. The molecule has 2 atom stereocenters. The second kappa shape index (κ2) is 1.70. The van der Waals surface area contributed by atoms with Crippen LogP contribution in [0.5, 0.6) is 0 Å².